The first kappa shape index (κ1) is 12.4. The van der Waals surface area contributed by atoms with Crippen molar-refractivity contribution in [1.29, 1.82) is 0 Å². The summed E-state index contributed by atoms with van der Waals surface area (Å²) in [5.41, 5.74) is 0. The van der Waals surface area contributed by atoms with Crippen molar-refractivity contribution >= 4 is 28.7 Å². The number of amidine groups is 1. The molecule has 17 heavy (non-hydrogen) atoms. The summed E-state index contributed by atoms with van der Waals surface area (Å²) in [5, 5.41) is 3.15. The maximum absolute atomic E-state index is 11.8. The first-order valence-electron chi connectivity index (χ1n) is 5.94. The molecule has 1 N–H and O–H groups in total. The van der Waals surface area contributed by atoms with Crippen LogP contribution in [0, 0.1) is 5.92 Å². The minimum absolute atomic E-state index is 0.424. The van der Waals surface area contributed by atoms with Crippen LogP contribution in [0.1, 0.15) is 19.8 Å². The number of nitrogens with zero attached hydrogens (tertiary/aromatic N) is 2. The number of hydrogen-bond acceptors (Lipinski definition) is 4. The number of thioether (sulfide) groups is 1. The number of carbonyl (C=O) groups excluding carboxylic acids is 2. The van der Waals surface area contributed by atoms with Crippen LogP contribution in [0.4, 0.5) is 0 Å². The van der Waals surface area contributed by atoms with Gasteiger partial charge in [-0.15, -0.1) is 0 Å². The maximum Gasteiger partial charge on any atom is 0.315 e. The second-order valence-corrected chi connectivity index (χ2v) is 5.55. The molecule has 1 fully saturated rings. The minimum Gasteiger partial charge on any atom is -0.334 e. The highest BCUT2D eigenvalue weighted by Gasteiger charge is 2.26. The van der Waals surface area contributed by atoms with Crippen LogP contribution in [-0.4, -0.2) is 47.3 Å². The molecule has 6 heteroatoms. The lowest BCUT2D eigenvalue weighted by Gasteiger charge is -2.29. The van der Waals surface area contributed by atoms with Gasteiger partial charge in [-0.1, -0.05) is 18.7 Å². The van der Waals surface area contributed by atoms with E-state index >= 15 is 0 Å². The van der Waals surface area contributed by atoms with Crippen molar-refractivity contribution in [2.24, 2.45) is 10.9 Å². The van der Waals surface area contributed by atoms with Crippen LogP contribution >= 0.6 is 11.8 Å². The van der Waals surface area contributed by atoms with Gasteiger partial charge in [0.1, 0.15) is 0 Å². The summed E-state index contributed by atoms with van der Waals surface area (Å²) in [4.78, 5) is 29.3. The molecule has 0 spiro atoms. The number of likely N-dealkylation sites (tertiary alicyclic amines) is 1. The molecule has 2 aliphatic rings. The van der Waals surface area contributed by atoms with Crippen LogP contribution in [-0.2, 0) is 9.59 Å². The van der Waals surface area contributed by atoms with Crippen LogP contribution in [0.3, 0.4) is 0 Å². The van der Waals surface area contributed by atoms with Crippen molar-refractivity contribution in [3.8, 4) is 0 Å². The van der Waals surface area contributed by atoms with E-state index in [0.29, 0.717) is 24.2 Å². The van der Waals surface area contributed by atoms with Crippen LogP contribution < -0.4 is 5.32 Å². The second kappa shape index (κ2) is 5.53. The van der Waals surface area contributed by atoms with E-state index < -0.39 is 11.8 Å². The molecule has 0 atom stereocenters. The zero-order valence-electron chi connectivity index (χ0n) is 9.94. The molecule has 2 rings (SSSR count). The summed E-state index contributed by atoms with van der Waals surface area (Å²) in [6.07, 6.45) is 1.96. The van der Waals surface area contributed by atoms with Crippen molar-refractivity contribution in [3.63, 3.8) is 0 Å². The predicted molar refractivity (Wildman–Crippen MR) is 67.9 cm³/mol. The highest BCUT2D eigenvalue weighted by Crippen LogP contribution is 2.16. The molecule has 0 aromatic heterocycles. The number of amides is 2. The van der Waals surface area contributed by atoms with Crippen molar-refractivity contribution < 1.29 is 9.59 Å². The molecule has 2 heterocycles. The summed E-state index contributed by atoms with van der Waals surface area (Å²) >= 11 is 1.48. The standard InChI is InChI=1S/C11H17N3O2S/c1-8-2-5-14(6-3-8)10(16)9(15)13-11-12-4-7-17-11/h8H,2-7H2,1H3,(H,12,13,15). The van der Waals surface area contributed by atoms with E-state index in [1.54, 1.807) is 4.90 Å². The summed E-state index contributed by atoms with van der Waals surface area (Å²) in [7, 11) is 0. The van der Waals surface area contributed by atoms with E-state index in [1.165, 1.54) is 11.8 Å². The number of aliphatic imine (C=N–C) groups is 1. The fourth-order valence-electron chi connectivity index (χ4n) is 1.92. The number of nitrogens with one attached hydrogen (secondary N) is 1. The van der Waals surface area contributed by atoms with Gasteiger partial charge in [-0.25, -0.2) is 0 Å². The third-order valence-electron chi connectivity index (χ3n) is 3.07. The smallest absolute Gasteiger partial charge is 0.315 e. The van der Waals surface area contributed by atoms with Crippen molar-refractivity contribution in [1.82, 2.24) is 10.2 Å². The summed E-state index contributed by atoms with van der Waals surface area (Å²) in [6.45, 7) is 4.27. The van der Waals surface area contributed by atoms with Gasteiger partial charge in [0.25, 0.3) is 0 Å². The Hall–Kier alpha value is -1.04. The highest BCUT2D eigenvalue weighted by molar-refractivity contribution is 8.14. The van der Waals surface area contributed by atoms with E-state index in [9.17, 15) is 9.59 Å². The largest absolute Gasteiger partial charge is 0.334 e. The molecule has 0 unspecified atom stereocenters. The van der Waals surface area contributed by atoms with E-state index in [1.807, 2.05) is 0 Å². The summed E-state index contributed by atoms with van der Waals surface area (Å²) in [5.74, 6) is 0.557. The lowest BCUT2D eigenvalue weighted by atomic mass is 9.99. The molecular weight excluding hydrogens is 238 g/mol. The Morgan fingerprint density at radius 3 is 2.71 bits per heavy atom. The Balaban J connectivity index is 1.84. The predicted octanol–water partition coefficient (Wildman–Crippen LogP) is 0.464. The van der Waals surface area contributed by atoms with Gasteiger partial charge >= 0.3 is 11.8 Å². The molecule has 0 radical (unpaired) electrons. The molecule has 94 valence electrons. The quantitative estimate of drug-likeness (QED) is 0.640. The first-order chi connectivity index (χ1) is 8.16. The molecule has 0 aromatic carbocycles. The van der Waals surface area contributed by atoms with Crippen molar-refractivity contribution in [2.75, 3.05) is 25.4 Å². The summed E-state index contributed by atoms with van der Waals surface area (Å²) < 4.78 is 0. The van der Waals surface area contributed by atoms with Gasteiger partial charge in [0, 0.05) is 18.8 Å². The highest BCUT2D eigenvalue weighted by atomic mass is 32.2. The third-order valence-corrected chi connectivity index (χ3v) is 3.96. The zero-order valence-corrected chi connectivity index (χ0v) is 10.8. The van der Waals surface area contributed by atoms with Crippen molar-refractivity contribution in [3.05, 3.63) is 0 Å². The molecule has 2 aliphatic heterocycles. The lowest BCUT2D eigenvalue weighted by Crippen LogP contribution is -2.47. The molecule has 0 aliphatic carbocycles. The average Bonchev–Trinajstić information content (AvgIpc) is 2.82. The summed E-state index contributed by atoms with van der Waals surface area (Å²) in [6, 6.07) is 0. The Kier molecular flexibility index (Phi) is 4.04. The SMILES string of the molecule is CC1CCN(C(=O)C(=O)NC2=NCCS2)CC1. The molecular formula is C11H17N3O2S. The van der Waals surface area contributed by atoms with Crippen LogP contribution in [0.2, 0.25) is 0 Å². The fourth-order valence-corrected chi connectivity index (χ4v) is 2.64. The monoisotopic (exact) mass is 255 g/mol. The first-order valence-corrected chi connectivity index (χ1v) is 6.93. The van der Waals surface area contributed by atoms with Gasteiger partial charge in [-0.05, 0) is 18.8 Å². The minimum atomic E-state index is -0.548. The molecule has 1 saturated heterocycles. The fraction of sp³-hybridized carbons (Fsp3) is 0.727. The number of carbonyl (C=O) groups is 2. The Bertz CT molecular complexity index is 349. The topological polar surface area (TPSA) is 61.8 Å². The van der Waals surface area contributed by atoms with Gasteiger partial charge < -0.3 is 4.90 Å². The van der Waals surface area contributed by atoms with E-state index in [2.05, 4.69) is 17.2 Å². The second-order valence-electron chi connectivity index (χ2n) is 4.46. The molecule has 0 aromatic rings. The van der Waals surface area contributed by atoms with Crippen LogP contribution in [0.5, 0.6) is 0 Å². The van der Waals surface area contributed by atoms with E-state index in [0.717, 1.165) is 25.1 Å². The Labute approximate surface area is 105 Å². The third kappa shape index (κ3) is 3.21. The van der Waals surface area contributed by atoms with Crippen LogP contribution in [0.15, 0.2) is 4.99 Å². The van der Waals surface area contributed by atoms with Gasteiger partial charge in [0.05, 0.1) is 6.54 Å². The number of piperidine rings is 1. The normalized spacial score (nSPS) is 21.2. The number of hydrogen-bond donors (Lipinski definition) is 1. The molecule has 5 nitrogen and oxygen atoms in total. The Morgan fingerprint density at radius 2 is 2.12 bits per heavy atom. The van der Waals surface area contributed by atoms with E-state index in [-0.39, 0.29) is 0 Å². The Morgan fingerprint density at radius 1 is 1.41 bits per heavy atom. The average molecular weight is 255 g/mol. The lowest BCUT2D eigenvalue weighted by molar-refractivity contribution is -0.145. The zero-order chi connectivity index (χ0) is 12.3. The van der Waals surface area contributed by atoms with Crippen LogP contribution in [0.25, 0.3) is 0 Å². The van der Waals surface area contributed by atoms with Crippen molar-refractivity contribution in [2.45, 2.75) is 19.8 Å². The molecule has 0 saturated carbocycles. The van der Waals surface area contributed by atoms with Gasteiger partial charge in [0.15, 0.2) is 5.17 Å². The van der Waals surface area contributed by atoms with E-state index in [4.69, 9.17) is 0 Å². The van der Waals surface area contributed by atoms with Gasteiger partial charge in [-0.3, -0.25) is 19.9 Å². The maximum atomic E-state index is 11.8. The van der Waals surface area contributed by atoms with Gasteiger partial charge in [-0.2, -0.15) is 0 Å². The van der Waals surface area contributed by atoms with Gasteiger partial charge in [0.2, 0.25) is 0 Å². The molecule has 0 bridgehead atoms. The number of rotatable bonds is 0. The molecule has 2 amide bonds.